The monoisotopic (exact) mass is 1080 g/mol. The van der Waals surface area contributed by atoms with Gasteiger partial charge >= 0.3 is 0 Å². The second-order valence-corrected chi connectivity index (χ2v) is 20.5. The lowest BCUT2D eigenvalue weighted by atomic mass is 10.0. The first-order valence-electron chi connectivity index (χ1n) is 23.8. The van der Waals surface area contributed by atoms with E-state index in [1.165, 1.54) is 65.2 Å². The number of hydrogen-bond donors (Lipinski definition) is 2. The number of nitrogens with zero attached hydrogens (tertiary/aromatic N) is 4. The zero-order chi connectivity index (χ0) is 49.4. The number of rotatable bonds is 11. The number of fused-ring (bicyclic) bond motifs is 2. The predicted molar refractivity (Wildman–Crippen MR) is 288 cm³/mol. The van der Waals surface area contributed by atoms with Crippen molar-refractivity contribution in [2.75, 3.05) is 36.1 Å². The summed E-state index contributed by atoms with van der Waals surface area (Å²) in [6.45, 7) is 6.11. The van der Waals surface area contributed by atoms with Crippen LogP contribution in [0.3, 0.4) is 0 Å². The molecule has 384 valence electrons. The fourth-order valence-electron chi connectivity index (χ4n) is 8.88. The standard InChI is InChI=1S/C25H27N3O4S.C21H19BrN2O4.C5H10S.C2H3N.2CH4/c29-23-9-8-21(24(30)26-23)28-15-20-19(25(28)31)2-1-3-22(20)32-16-18-6-4-17(5-7-18)14-27-10-12-33-13-11-27;22-10-13-4-6-14(7-5-13)12-28-18-3-1-2-15-16(18)11-24(21(15)27)17-8-9-19(25)23-20(17)26;1-2-4-6-5-3-1;1-2-3;;/h1-7,21H,8-16H2,(H,26,29,30);1-7,17H,8-12H2,(H,23,25,26);1-5H2;1H3;2*1H4. The van der Waals surface area contributed by atoms with Gasteiger partial charge in [-0.15, -0.1) is 0 Å². The lowest BCUT2D eigenvalue weighted by Crippen LogP contribution is -2.52. The Morgan fingerprint density at radius 2 is 1.03 bits per heavy atom. The molecule has 4 aromatic rings. The van der Waals surface area contributed by atoms with Crippen LogP contribution in [0.2, 0.25) is 0 Å². The van der Waals surface area contributed by atoms with E-state index >= 15 is 0 Å². The number of carbonyl (C=O) groups is 6. The summed E-state index contributed by atoms with van der Waals surface area (Å²) < 4.78 is 12.1. The van der Waals surface area contributed by atoms with Crippen LogP contribution in [0, 0.1) is 11.3 Å². The maximum atomic E-state index is 13.0. The number of nitriles is 1. The predicted octanol–water partition coefficient (Wildman–Crippen LogP) is 9.20. The maximum absolute atomic E-state index is 13.0. The number of benzene rings is 4. The van der Waals surface area contributed by atoms with Crippen LogP contribution in [0.25, 0.3) is 0 Å². The van der Waals surface area contributed by atoms with Gasteiger partial charge in [0, 0.05) is 78.5 Å². The van der Waals surface area contributed by atoms with Gasteiger partial charge in [0.05, 0.1) is 19.2 Å². The molecule has 0 spiro atoms. The van der Waals surface area contributed by atoms with E-state index in [4.69, 9.17) is 14.7 Å². The van der Waals surface area contributed by atoms with Gasteiger partial charge in [0.1, 0.15) is 36.8 Å². The van der Waals surface area contributed by atoms with Gasteiger partial charge in [-0.1, -0.05) is 97.9 Å². The van der Waals surface area contributed by atoms with Crippen LogP contribution in [0.4, 0.5) is 0 Å². The van der Waals surface area contributed by atoms with Crippen molar-refractivity contribution >= 4 is 74.9 Å². The first-order valence-corrected chi connectivity index (χ1v) is 27.2. The molecule has 0 aromatic heterocycles. The average molecular weight is 1080 g/mol. The Labute approximate surface area is 441 Å². The minimum absolute atomic E-state index is 0. The lowest BCUT2D eigenvalue weighted by molar-refractivity contribution is -0.138. The molecule has 4 saturated heterocycles. The number of amides is 6. The second kappa shape index (κ2) is 28.5. The quantitative estimate of drug-likeness (QED) is 0.108. The van der Waals surface area contributed by atoms with E-state index in [0.717, 1.165) is 47.2 Å². The largest absolute Gasteiger partial charge is 0.489 e. The Bertz CT molecular complexity index is 2540. The number of halogens is 1. The summed E-state index contributed by atoms with van der Waals surface area (Å²) in [7, 11) is 0. The number of carbonyl (C=O) groups excluding carboxylic acids is 6. The molecule has 2 atom stereocenters. The molecule has 0 radical (unpaired) electrons. The Morgan fingerprint density at radius 1 is 0.611 bits per heavy atom. The molecule has 4 aromatic carbocycles. The van der Waals surface area contributed by atoms with E-state index in [-0.39, 0.29) is 51.3 Å². The third-order valence-corrected chi connectivity index (χ3v) is 15.4. The van der Waals surface area contributed by atoms with Crippen LogP contribution >= 0.6 is 39.5 Å². The van der Waals surface area contributed by atoms with Crippen molar-refractivity contribution in [3.63, 3.8) is 0 Å². The number of nitrogens with one attached hydrogen (secondary N) is 2. The van der Waals surface area contributed by atoms with E-state index < -0.39 is 23.9 Å². The van der Waals surface area contributed by atoms with Crippen molar-refractivity contribution in [2.45, 2.75) is 117 Å². The van der Waals surface area contributed by atoms with Crippen LogP contribution in [0.15, 0.2) is 84.9 Å². The zero-order valence-corrected chi connectivity index (χ0v) is 42.6. The molecule has 6 amide bonds. The number of ether oxygens (including phenoxy) is 2. The molecule has 2 unspecified atom stereocenters. The Morgan fingerprint density at radius 3 is 1.42 bits per heavy atom. The summed E-state index contributed by atoms with van der Waals surface area (Å²) in [6, 6.07) is 27.9. The Balaban J connectivity index is 0.000000225. The van der Waals surface area contributed by atoms with Crippen LogP contribution < -0.4 is 20.1 Å². The zero-order valence-electron chi connectivity index (χ0n) is 39.4. The van der Waals surface area contributed by atoms with Crippen LogP contribution in [-0.2, 0) is 57.4 Å². The first kappa shape index (κ1) is 57.2. The van der Waals surface area contributed by atoms with Gasteiger partial charge in [0.2, 0.25) is 23.6 Å². The molecule has 17 heteroatoms. The van der Waals surface area contributed by atoms with E-state index in [2.05, 4.69) is 67.5 Å². The minimum Gasteiger partial charge on any atom is -0.489 e. The molecule has 4 fully saturated rings. The summed E-state index contributed by atoms with van der Waals surface area (Å²) in [5, 5.41) is 12.8. The molecular formula is C55H67BrN6O8S2. The highest BCUT2D eigenvalue weighted by molar-refractivity contribution is 9.08. The van der Waals surface area contributed by atoms with Crippen molar-refractivity contribution < 1.29 is 38.2 Å². The van der Waals surface area contributed by atoms with Crippen molar-refractivity contribution in [2.24, 2.45) is 0 Å². The van der Waals surface area contributed by atoms with E-state index in [1.807, 2.05) is 48.2 Å². The topological polar surface area (TPSA) is 178 Å². The fourth-order valence-corrected chi connectivity index (χ4v) is 11.3. The summed E-state index contributed by atoms with van der Waals surface area (Å²) in [6.07, 6.45) is 5.59. The third kappa shape index (κ3) is 15.2. The summed E-state index contributed by atoms with van der Waals surface area (Å²) in [4.78, 5) is 78.7. The number of alkyl halides is 1. The molecule has 0 saturated carbocycles. The number of imide groups is 2. The van der Waals surface area contributed by atoms with E-state index in [0.29, 0.717) is 61.8 Å². The van der Waals surface area contributed by atoms with Crippen LogP contribution in [-0.4, -0.2) is 98.3 Å². The summed E-state index contributed by atoms with van der Waals surface area (Å²) in [5.41, 5.74) is 7.29. The molecule has 0 bridgehead atoms. The van der Waals surface area contributed by atoms with Crippen LogP contribution in [0.1, 0.15) is 121 Å². The van der Waals surface area contributed by atoms with E-state index in [1.54, 1.807) is 35.2 Å². The average Bonchev–Trinajstić information content (AvgIpc) is 3.90. The highest BCUT2D eigenvalue weighted by Gasteiger charge is 2.41. The molecule has 6 aliphatic rings. The fraction of sp³-hybridized carbons (Fsp3) is 0.436. The number of thioether (sulfide) groups is 2. The number of piperidine rings is 2. The maximum Gasteiger partial charge on any atom is 0.255 e. The second-order valence-electron chi connectivity index (χ2n) is 17.5. The third-order valence-electron chi connectivity index (χ3n) is 12.7. The van der Waals surface area contributed by atoms with Gasteiger partial charge in [-0.05, 0) is 83.7 Å². The highest BCUT2D eigenvalue weighted by atomic mass is 79.9. The normalized spacial score (nSPS) is 19.1. The van der Waals surface area contributed by atoms with Gasteiger partial charge in [0.25, 0.3) is 11.8 Å². The minimum atomic E-state index is -0.624. The molecule has 14 nitrogen and oxygen atoms in total. The Kier molecular flexibility index (Phi) is 22.7. The molecule has 10 rings (SSSR count). The number of hydrogen-bond acceptors (Lipinski definition) is 12. The first-order chi connectivity index (χ1) is 34.1. The van der Waals surface area contributed by atoms with Crippen molar-refractivity contribution in [1.29, 1.82) is 5.26 Å². The van der Waals surface area contributed by atoms with Gasteiger partial charge in [-0.3, -0.25) is 44.3 Å². The summed E-state index contributed by atoms with van der Waals surface area (Å²) >= 11 is 7.54. The van der Waals surface area contributed by atoms with Crippen molar-refractivity contribution in [3.8, 4) is 17.6 Å². The van der Waals surface area contributed by atoms with Crippen molar-refractivity contribution in [1.82, 2.24) is 25.3 Å². The molecular weight excluding hydrogens is 1020 g/mol. The lowest BCUT2D eigenvalue weighted by Gasteiger charge is -2.29. The SMILES string of the molecule is C.C.C1CCSCC1.CC#N.O=C1CCC(N2Cc3c(OCc4ccc(CBr)cc4)cccc3C2=O)C(=O)N1.O=C1CCC(N2Cc3c(OCc4ccc(CN5CCSCC5)cc4)cccc3C2=O)C(=O)N1. The van der Waals surface area contributed by atoms with Gasteiger partial charge in [0.15, 0.2) is 0 Å². The molecule has 0 aliphatic carbocycles. The highest BCUT2D eigenvalue weighted by Crippen LogP contribution is 2.35. The van der Waals surface area contributed by atoms with E-state index in [9.17, 15) is 28.8 Å². The van der Waals surface area contributed by atoms with Crippen molar-refractivity contribution in [3.05, 3.63) is 129 Å². The summed E-state index contributed by atoms with van der Waals surface area (Å²) in [5.74, 6) is 4.77. The molecule has 6 aliphatic heterocycles. The Hall–Kier alpha value is -5.67. The molecule has 2 N–H and O–H groups in total. The molecule has 6 heterocycles. The smallest absolute Gasteiger partial charge is 0.255 e. The van der Waals surface area contributed by atoms with Gasteiger partial charge in [-0.25, -0.2) is 0 Å². The molecule has 72 heavy (non-hydrogen) atoms. The van der Waals surface area contributed by atoms with Crippen LogP contribution in [0.5, 0.6) is 11.5 Å². The van der Waals surface area contributed by atoms with Gasteiger partial charge in [-0.2, -0.15) is 28.8 Å². The van der Waals surface area contributed by atoms with Gasteiger partial charge < -0.3 is 19.3 Å².